The smallest absolute Gasteiger partial charge is 0.255 e. The first-order valence-corrected chi connectivity index (χ1v) is 8.35. The number of amides is 1. The van der Waals surface area contributed by atoms with Gasteiger partial charge in [-0.3, -0.25) is 9.89 Å². The molecule has 0 aliphatic heterocycles. The topological polar surface area (TPSA) is 57.8 Å². The molecule has 1 amide bonds. The summed E-state index contributed by atoms with van der Waals surface area (Å²) in [6.45, 7) is 0.611. The molecule has 0 aliphatic rings. The summed E-state index contributed by atoms with van der Waals surface area (Å²) in [4.78, 5) is 12.4. The van der Waals surface area contributed by atoms with Gasteiger partial charge in [-0.2, -0.15) is 5.10 Å². The number of hydrogen-bond donors (Lipinski definition) is 2. The summed E-state index contributed by atoms with van der Waals surface area (Å²) in [6.07, 6.45) is 4.42. The number of unbranched alkanes of at least 4 members (excludes halogenated alkanes) is 1. The van der Waals surface area contributed by atoms with Crippen molar-refractivity contribution in [3.63, 3.8) is 0 Å². The van der Waals surface area contributed by atoms with Crippen LogP contribution in [0.15, 0.2) is 60.8 Å². The zero-order valence-corrected chi connectivity index (χ0v) is 13.8. The minimum Gasteiger partial charge on any atom is -0.352 e. The van der Waals surface area contributed by atoms with Gasteiger partial charge in [0.2, 0.25) is 0 Å². The fourth-order valence-electron chi connectivity index (χ4n) is 2.69. The molecule has 0 atom stereocenters. The number of nitrogens with one attached hydrogen (secondary N) is 2. The number of hydrogen-bond acceptors (Lipinski definition) is 2. The van der Waals surface area contributed by atoms with E-state index in [4.69, 9.17) is 0 Å². The average Bonchev–Trinajstić information content (AvgIpc) is 3.12. The van der Waals surface area contributed by atoms with Crippen molar-refractivity contribution in [1.82, 2.24) is 15.5 Å². The number of aryl methyl sites for hydroxylation is 1. The maximum Gasteiger partial charge on any atom is 0.255 e. The number of aromatic nitrogens is 2. The van der Waals surface area contributed by atoms with Gasteiger partial charge in [0.1, 0.15) is 5.82 Å². The molecule has 1 heterocycles. The molecule has 0 saturated carbocycles. The molecule has 0 unspecified atom stereocenters. The van der Waals surface area contributed by atoms with Crippen molar-refractivity contribution in [2.45, 2.75) is 19.3 Å². The molecule has 0 saturated heterocycles. The third-order valence-corrected chi connectivity index (χ3v) is 4.04. The van der Waals surface area contributed by atoms with E-state index in [0.717, 1.165) is 24.8 Å². The monoisotopic (exact) mass is 337 g/mol. The maximum absolute atomic E-state index is 13.0. The first kappa shape index (κ1) is 16.9. The molecule has 0 radical (unpaired) electrons. The number of nitrogens with zero attached hydrogens (tertiary/aromatic N) is 1. The Bertz CT molecular complexity index is 812. The lowest BCUT2D eigenvalue weighted by atomic mass is 10.1. The molecule has 0 aliphatic carbocycles. The Hall–Kier alpha value is -2.95. The highest BCUT2D eigenvalue weighted by molar-refractivity contribution is 5.99. The van der Waals surface area contributed by atoms with Crippen molar-refractivity contribution in [3.8, 4) is 11.3 Å². The number of aromatic amines is 1. The summed E-state index contributed by atoms with van der Waals surface area (Å²) in [5.74, 6) is -0.486. The lowest BCUT2D eigenvalue weighted by Crippen LogP contribution is -2.24. The van der Waals surface area contributed by atoms with E-state index < -0.39 is 0 Å². The van der Waals surface area contributed by atoms with E-state index in [-0.39, 0.29) is 11.7 Å². The predicted octanol–water partition coefficient (Wildman–Crippen LogP) is 3.97. The lowest BCUT2D eigenvalue weighted by molar-refractivity contribution is 0.0953. The molecule has 1 aromatic heterocycles. The zero-order valence-electron chi connectivity index (χ0n) is 13.8. The highest BCUT2D eigenvalue weighted by Crippen LogP contribution is 2.21. The van der Waals surface area contributed by atoms with Crippen molar-refractivity contribution >= 4 is 5.91 Å². The summed E-state index contributed by atoms with van der Waals surface area (Å²) in [5, 5.41) is 9.68. The Morgan fingerprint density at radius 1 is 1.04 bits per heavy atom. The first-order valence-electron chi connectivity index (χ1n) is 8.35. The van der Waals surface area contributed by atoms with Crippen LogP contribution < -0.4 is 5.32 Å². The van der Waals surface area contributed by atoms with E-state index >= 15 is 0 Å². The van der Waals surface area contributed by atoms with Gasteiger partial charge in [-0.25, -0.2) is 4.39 Å². The van der Waals surface area contributed by atoms with E-state index in [1.807, 2.05) is 18.2 Å². The molecule has 25 heavy (non-hydrogen) atoms. The maximum atomic E-state index is 13.0. The Kier molecular flexibility index (Phi) is 5.57. The van der Waals surface area contributed by atoms with E-state index in [9.17, 15) is 9.18 Å². The van der Waals surface area contributed by atoms with E-state index in [1.165, 1.54) is 23.9 Å². The highest BCUT2D eigenvalue weighted by Gasteiger charge is 2.14. The molecular weight excluding hydrogens is 317 g/mol. The van der Waals surface area contributed by atoms with Crippen LogP contribution in [-0.4, -0.2) is 22.6 Å². The van der Waals surface area contributed by atoms with Crippen LogP contribution >= 0.6 is 0 Å². The molecule has 2 aromatic carbocycles. The zero-order chi connectivity index (χ0) is 17.5. The fourth-order valence-corrected chi connectivity index (χ4v) is 2.69. The number of H-pyrrole nitrogens is 1. The molecule has 4 nitrogen and oxygen atoms in total. The van der Waals surface area contributed by atoms with Gasteiger partial charge in [0.15, 0.2) is 0 Å². The average molecular weight is 337 g/mol. The number of benzene rings is 2. The van der Waals surface area contributed by atoms with Crippen molar-refractivity contribution in [2.75, 3.05) is 6.54 Å². The summed E-state index contributed by atoms with van der Waals surface area (Å²) < 4.78 is 13.0. The van der Waals surface area contributed by atoms with E-state index in [2.05, 4.69) is 27.6 Å². The summed E-state index contributed by atoms with van der Waals surface area (Å²) >= 11 is 0. The normalized spacial score (nSPS) is 10.6. The van der Waals surface area contributed by atoms with Gasteiger partial charge in [-0.15, -0.1) is 0 Å². The van der Waals surface area contributed by atoms with Gasteiger partial charge in [0.25, 0.3) is 5.91 Å². The molecule has 0 bridgehead atoms. The molecule has 5 heteroatoms. The lowest BCUT2D eigenvalue weighted by Gasteiger charge is -2.06. The van der Waals surface area contributed by atoms with Crippen LogP contribution in [0.5, 0.6) is 0 Å². The molecule has 0 fully saturated rings. The minimum absolute atomic E-state index is 0.173. The van der Waals surface area contributed by atoms with Crippen LogP contribution in [0.1, 0.15) is 28.8 Å². The number of carbonyl (C=O) groups excluding carboxylic acids is 1. The molecule has 128 valence electrons. The number of rotatable bonds is 7. The van der Waals surface area contributed by atoms with Crippen LogP contribution in [0.3, 0.4) is 0 Å². The second-order valence-electron chi connectivity index (χ2n) is 5.86. The van der Waals surface area contributed by atoms with Crippen LogP contribution in [0, 0.1) is 5.82 Å². The molecule has 3 rings (SSSR count). The highest BCUT2D eigenvalue weighted by atomic mass is 19.1. The van der Waals surface area contributed by atoms with Crippen molar-refractivity contribution in [1.29, 1.82) is 0 Å². The van der Waals surface area contributed by atoms with Gasteiger partial charge in [0.05, 0.1) is 17.5 Å². The van der Waals surface area contributed by atoms with Crippen molar-refractivity contribution < 1.29 is 9.18 Å². The summed E-state index contributed by atoms with van der Waals surface area (Å²) in [7, 11) is 0. The second kappa shape index (κ2) is 8.24. The van der Waals surface area contributed by atoms with Gasteiger partial charge < -0.3 is 5.32 Å². The quantitative estimate of drug-likeness (QED) is 0.641. The second-order valence-corrected chi connectivity index (χ2v) is 5.86. The summed E-state index contributed by atoms with van der Waals surface area (Å²) in [5.41, 5.74) is 3.10. The Balaban J connectivity index is 1.50. The van der Waals surface area contributed by atoms with Crippen molar-refractivity contribution in [3.05, 3.63) is 77.7 Å². The fraction of sp³-hybridized carbons (Fsp3) is 0.200. The van der Waals surface area contributed by atoms with Crippen LogP contribution in [-0.2, 0) is 6.42 Å². The molecule has 0 spiro atoms. The van der Waals surface area contributed by atoms with Crippen LogP contribution in [0.4, 0.5) is 4.39 Å². The Labute approximate surface area is 146 Å². The SMILES string of the molecule is O=C(NCCCCc1ccccc1)c1cn[nH]c1-c1ccc(F)cc1. The Morgan fingerprint density at radius 2 is 1.80 bits per heavy atom. The molecule has 3 aromatic rings. The largest absolute Gasteiger partial charge is 0.352 e. The van der Waals surface area contributed by atoms with Gasteiger partial charge in [-0.1, -0.05) is 30.3 Å². The number of carbonyl (C=O) groups is 1. The predicted molar refractivity (Wildman–Crippen MR) is 95.7 cm³/mol. The van der Waals surface area contributed by atoms with Crippen LogP contribution in [0.25, 0.3) is 11.3 Å². The van der Waals surface area contributed by atoms with Gasteiger partial charge in [0, 0.05) is 12.1 Å². The summed E-state index contributed by atoms with van der Waals surface area (Å²) in [6, 6.07) is 16.3. The molecular formula is C20H20FN3O. The Morgan fingerprint density at radius 3 is 2.56 bits per heavy atom. The molecule has 2 N–H and O–H groups in total. The van der Waals surface area contributed by atoms with Gasteiger partial charge >= 0.3 is 0 Å². The minimum atomic E-state index is -0.312. The van der Waals surface area contributed by atoms with Crippen molar-refractivity contribution in [2.24, 2.45) is 0 Å². The third kappa shape index (κ3) is 4.53. The van der Waals surface area contributed by atoms with Crippen LogP contribution in [0.2, 0.25) is 0 Å². The van der Waals surface area contributed by atoms with Gasteiger partial charge in [-0.05, 0) is 49.1 Å². The number of halogens is 1. The first-order chi connectivity index (χ1) is 12.2. The third-order valence-electron chi connectivity index (χ3n) is 4.04. The standard InChI is InChI=1S/C20H20FN3O/c21-17-11-9-16(10-12-17)19-18(14-23-24-19)20(25)22-13-5-4-8-15-6-2-1-3-7-15/h1-3,6-7,9-12,14H,4-5,8,13H2,(H,22,25)(H,23,24). The van der Waals surface area contributed by atoms with E-state index in [1.54, 1.807) is 12.1 Å². The van der Waals surface area contributed by atoms with E-state index in [0.29, 0.717) is 17.8 Å².